The van der Waals surface area contributed by atoms with Crippen LogP contribution >= 0.6 is 23.2 Å². The van der Waals surface area contributed by atoms with Crippen LogP contribution in [0.25, 0.3) is 11.1 Å². The minimum atomic E-state index is -0.287. The molecule has 16 heavy (non-hydrogen) atoms. The summed E-state index contributed by atoms with van der Waals surface area (Å²) >= 11 is 11.7. The third kappa shape index (κ3) is 2.15. The summed E-state index contributed by atoms with van der Waals surface area (Å²) in [6.07, 6.45) is 0. The quantitative estimate of drug-likeness (QED) is 0.774. The Balaban J connectivity index is 2.62. The lowest BCUT2D eigenvalue weighted by molar-refractivity contribution is 0.627. The fourth-order valence-electron chi connectivity index (χ4n) is 1.47. The van der Waals surface area contributed by atoms with Crippen LogP contribution in [-0.2, 0) is 0 Å². The van der Waals surface area contributed by atoms with Gasteiger partial charge in [-0.1, -0.05) is 29.3 Å². The molecular weight excluding hydrogens is 250 g/mol. The summed E-state index contributed by atoms with van der Waals surface area (Å²) in [5, 5.41) is 7.83. The number of aryl methyl sites for hydroxylation is 1. The normalized spacial score (nSPS) is 10.5. The predicted octanol–water partition coefficient (Wildman–Crippen LogP) is 3.90. The van der Waals surface area contributed by atoms with Gasteiger partial charge in [-0.25, -0.2) is 4.39 Å². The predicted molar refractivity (Wildman–Crippen MR) is 62.2 cm³/mol. The summed E-state index contributed by atoms with van der Waals surface area (Å²) in [5.41, 5.74) is 2.22. The third-order valence-corrected chi connectivity index (χ3v) is 2.66. The second kappa shape index (κ2) is 4.36. The summed E-state index contributed by atoms with van der Waals surface area (Å²) in [6, 6.07) is 6.05. The highest BCUT2D eigenvalue weighted by Crippen LogP contribution is 2.30. The lowest BCUT2D eigenvalue weighted by atomic mass is 10.0. The van der Waals surface area contributed by atoms with E-state index in [2.05, 4.69) is 10.2 Å². The van der Waals surface area contributed by atoms with E-state index in [-0.39, 0.29) is 16.1 Å². The molecule has 0 fully saturated rings. The Labute approximate surface area is 102 Å². The lowest BCUT2D eigenvalue weighted by Gasteiger charge is -2.07. The van der Waals surface area contributed by atoms with Crippen molar-refractivity contribution >= 4 is 23.2 Å². The van der Waals surface area contributed by atoms with Crippen LogP contribution in [0.3, 0.4) is 0 Å². The number of benzene rings is 1. The van der Waals surface area contributed by atoms with E-state index in [1.807, 2.05) is 0 Å². The van der Waals surface area contributed by atoms with Gasteiger partial charge in [0.05, 0.1) is 0 Å². The van der Waals surface area contributed by atoms with E-state index in [1.165, 1.54) is 12.1 Å². The molecule has 0 amide bonds. The van der Waals surface area contributed by atoms with Crippen molar-refractivity contribution in [1.29, 1.82) is 0 Å². The Morgan fingerprint density at radius 3 is 2.50 bits per heavy atom. The van der Waals surface area contributed by atoms with Gasteiger partial charge in [0.1, 0.15) is 5.82 Å². The number of halogens is 3. The van der Waals surface area contributed by atoms with Crippen molar-refractivity contribution in [3.05, 3.63) is 46.0 Å². The van der Waals surface area contributed by atoms with Crippen molar-refractivity contribution in [2.75, 3.05) is 0 Å². The van der Waals surface area contributed by atoms with E-state index in [0.29, 0.717) is 5.56 Å². The van der Waals surface area contributed by atoms with Gasteiger partial charge in [0.25, 0.3) is 0 Å². The second-order valence-corrected chi connectivity index (χ2v) is 4.08. The molecule has 0 aliphatic rings. The van der Waals surface area contributed by atoms with Crippen LogP contribution in [0.4, 0.5) is 4.39 Å². The standard InChI is InChI=1S/C11H7Cl2FN2/c1-6-4-7(14)2-3-8(6)9-5-10(12)15-16-11(9)13/h2-5H,1H3. The third-order valence-electron chi connectivity index (χ3n) is 2.20. The van der Waals surface area contributed by atoms with Crippen LogP contribution < -0.4 is 0 Å². The van der Waals surface area contributed by atoms with Crippen molar-refractivity contribution in [3.8, 4) is 11.1 Å². The van der Waals surface area contributed by atoms with Crippen LogP contribution in [0.1, 0.15) is 5.56 Å². The van der Waals surface area contributed by atoms with Crippen LogP contribution in [0.2, 0.25) is 10.3 Å². The number of nitrogens with zero attached hydrogens (tertiary/aromatic N) is 2. The van der Waals surface area contributed by atoms with Gasteiger partial charge in [-0.2, -0.15) is 0 Å². The van der Waals surface area contributed by atoms with Crippen molar-refractivity contribution in [1.82, 2.24) is 10.2 Å². The molecule has 0 atom stereocenters. The minimum Gasteiger partial charge on any atom is -0.207 e. The molecule has 1 heterocycles. The van der Waals surface area contributed by atoms with Gasteiger partial charge in [-0.15, -0.1) is 10.2 Å². The molecule has 1 aromatic heterocycles. The Hall–Kier alpha value is -1.19. The van der Waals surface area contributed by atoms with Crippen LogP contribution in [0.15, 0.2) is 24.3 Å². The Morgan fingerprint density at radius 2 is 1.81 bits per heavy atom. The summed E-state index contributed by atoms with van der Waals surface area (Å²) in [4.78, 5) is 0. The maximum Gasteiger partial charge on any atom is 0.159 e. The fraction of sp³-hybridized carbons (Fsp3) is 0.0909. The molecule has 0 N–H and O–H groups in total. The summed E-state index contributed by atoms with van der Waals surface area (Å²) < 4.78 is 13.0. The van der Waals surface area contributed by atoms with E-state index in [0.717, 1.165) is 11.1 Å². The molecule has 0 saturated carbocycles. The first-order chi connectivity index (χ1) is 7.58. The first kappa shape index (κ1) is 11.3. The molecular formula is C11H7Cl2FN2. The molecule has 0 saturated heterocycles. The Bertz CT molecular complexity index is 544. The van der Waals surface area contributed by atoms with Gasteiger partial charge < -0.3 is 0 Å². The molecule has 0 aliphatic heterocycles. The molecule has 5 heteroatoms. The first-order valence-electron chi connectivity index (χ1n) is 4.53. The average Bonchev–Trinajstić information content (AvgIpc) is 2.22. The van der Waals surface area contributed by atoms with E-state index < -0.39 is 0 Å². The van der Waals surface area contributed by atoms with Crippen molar-refractivity contribution in [3.63, 3.8) is 0 Å². The first-order valence-corrected chi connectivity index (χ1v) is 5.29. The monoisotopic (exact) mass is 256 g/mol. The maximum absolute atomic E-state index is 13.0. The van der Waals surface area contributed by atoms with Gasteiger partial charge in [-0.3, -0.25) is 0 Å². The molecule has 0 radical (unpaired) electrons. The summed E-state index contributed by atoms with van der Waals surface area (Å²) in [5.74, 6) is -0.287. The largest absolute Gasteiger partial charge is 0.207 e. The SMILES string of the molecule is Cc1cc(F)ccc1-c1cc(Cl)nnc1Cl. The molecule has 0 spiro atoms. The summed E-state index contributed by atoms with van der Waals surface area (Å²) in [6.45, 7) is 1.79. The number of rotatable bonds is 1. The zero-order chi connectivity index (χ0) is 11.7. The molecule has 0 aliphatic carbocycles. The van der Waals surface area contributed by atoms with Gasteiger partial charge in [0.15, 0.2) is 10.3 Å². The van der Waals surface area contributed by atoms with Crippen molar-refractivity contribution in [2.45, 2.75) is 6.92 Å². The number of hydrogen-bond acceptors (Lipinski definition) is 2. The molecule has 1 aromatic carbocycles. The van der Waals surface area contributed by atoms with E-state index >= 15 is 0 Å². The lowest BCUT2D eigenvalue weighted by Crippen LogP contribution is -1.91. The molecule has 82 valence electrons. The zero-order valence-electron chi connectivity index (χ0n) is 8.34. The van der Waals surface area contributed by atoms with Gasteiger partial charge in [0.2, 0.25) is 0 Å². The van der Waals surface area contributed by atoms with Gasteiger partial charge >= 0.3 is 0 Å². The number of hydrogen-bond donors (Lipinski definition) is 0. The fourth-order valence-corrected chi connectivity index (χ4v) is 1.81. The smallest absolute Gasteiger partial charge is 0.159 e. The molecule has 2 nitrogen and oxygen atoms in total. The van der Waals surface area contributed by atoms with Gasteiger partial charge in [-0.05, 0) is 36.2 Å². The minimum absolute atomic E-state index is 0.249. The Morgan fingerprint density at radius 1 is 1.06 bits per heavy atom. The second-order valence-electron chi connectivity index (χ2n) is 3.33. The maximum atomic E-state index is 13.0. The van der Waals surface area contributed by atoms with Gasteiger partial charge in [0, 0.05) is 5.56 Å². The highest BCUT2D eigenvalue weighted by atomic mass is 35.5. The van der Waals surface area contributed by atoms with Crippen LogP contribution in [-0.4, -0.2) is 10.2 Å². The Kier molecular flexibility index (Phi) is 3.08. The van der Waals surface area contributed by atoms with E-state index in [9.17, 15) is 4.39 Å². The molecule has 2 aromatic rings. The average molecular weight is 257 g/mol. The summed E-state index contributed by atoms with van der Waals surface area (Å²) in [7, 11) is 0. The van der Waals surface area contributed by atoms with Crippen LogP contribution in [0.5, 0.6) is 0 Å². The van der Waals surface area contributed by atoms with E-state index in [1.54, 1.807) is 19.1 Å². The molecule has 0 bridgehead atoms. The number of aromatic nitrogens is 2. The highest BCUT2D eigenvalue weighted by molar-refractivity contribution is 6.33. The van der Waals surface area contributed by atoms with Crippen LogP contribution in [0, 0.1) is 12.7 Å². The molecule has 2 rings (SSSR count). The zero-order valence-corrected chi connectivity index (χ0v) is 9.85. The highest BCUT2D eigenvalue weighted by Gasteiger charge is 2.09. The van der Waals surface area contributed by atoms with Crippen molar-refractivity contribution < 1.29 is 4.39 Å². The van der Waals surface area contributed by atoms with E-state index in [4.69, 9.17) is 23.2 Å². The topological polar surface area (TPSA) is 25.8 Å². The van der Waals surface area contributed by atoms with Crippen molar-refractivity contribution in [2.24, 2.45) is 0 Å². The molecule has 0 unspecified atom stereocenters.